The van der Waals surface area contributed by atoms with Crippen LogP contribution in [0.2, 0.25) is 10.2 Å². The number of benzene rings is 2. The van der Waals surface area contributed by atoms with Gasteiger partial charge in [-0.3, -0.25) is 9.80 Å². The number of piperidine rings is 1. The molecule has 10 heteroatoms. The molecule has 2 aromatic carbocycles. The second kappa shape index (κ2) is 12.4. The summed E-state index contributed by atoms with van der Waals surface area (Å²) in [6.07, 6.45) is 2.44. The molecule has 0 atom stereocenters. The number of anilines is 1. The van der Waals surface area contributed by atoms with E-state index in [0.717, 1.165) is 42.4 Å². The van der Waals surface area contributed by atoms with Crippen LogP contribution in [0.1, 0.15) is 47.6 Å². The van der Waals surface area contributed by atoms with E-state index in [1.54, 1.807) is 12.1 Å². The van der Waals surface area contributed by atoms with E-state index >= 15 is 0 Å². The topological polar surface area (TPSA) is 48.5 Å². The molecule has 0 unspecified atom stereocenters. The van der Waals surface area contributed by atoms with Gasteiger partial charge in [-0.2, -0.15) is 13.2 Å². The van der Waals surface area contributed by atoms with Gasteiger partial charge in [-0.25, -0.2) is 9.78 Å². The number of halogens is 5. The third kappa shape index (κ3) is 6.59. The highest BCUT2D eigenvalue weighted by molar-refractivity contribution is 6.31. The van der Waals surface area contributed by atoms with Crippen molar-refractivity contribution in [1.29, 1.82) is 0 Å². The molecule has 2 aliphatic rings. The zero-order valence-electron chi connectivity index (χ0n) is 22.9. The van der Waals surface area contributed by atoms with Crippen molar-refractivity contribution in [3.05, 3.63) is 98.8 Å². The second-order valence-corrected chi connectivity index (χ2v) is 11.4. The predicted molar refractivity (Wildman–Crippen MR) is 161 cm³/mol. The van der Waals surface area contributed by atoms with Crippen LogP contribution in [0, 0.1) is 11.8 Å². The lowest BCUT2D eigenvalue weighted by Crippen LogP contribution is -2.47. The van der Waals surface area contributed by atoms with Crippen molar-refractivity contribution in [3.63, 3.8) is 0 Å². The first-order chi connectivity index (χ1) is 20.1. The Morgan fingerprint density at radius 3 is 2.52 bits per heavy atom. The molecule has 5 rings (SSSR count). The summed E-state index contributed by atoms with van der Waals surface area (Å²) in [6.45, 7) is 4.46. The van der Waals surface area contributed by atoms with Gasteiger partial charge in [-0.05, 0) is 85.9 Å². The second-order valence-electron chi connectivity index (χ2n) is 10.6. The molecule has 2 amide bonds. The Bertz CT molecular complexity index is 1550. The zero-order chi connectivity index (χ0) is 29.9. The molecular weight excluding hydrogens is 584 g/mol. The molecule has 3 aromatic rings. The molecule has 1 fully saturated rings. The third-order valence-electron chi connectivity index (χ3n) is 7.86. The average molecular weight is 614 g/mol. The zero-order valence-corrected chi connectivity index (χ0v) is 24.5. The summed E-state index contributed by atoms with van der Waals surface area (Å²) in [6, 6.07) is 13.3. The first-order valence-electron chi connectivity index (χ1n) is 13.6. The average Bonchev–Trinajstić information content (AvgIpc) is 3.26. The number of nitrogens with zero attached hydrogens (tertiary/aromatic N) is 3. The van der Waals surface area contributed by atoms with Crippen molar-refractivity contribution in [2.24, 2.45) is 0 Å². The van der Waals surface area contributed by atoms with Gasteiger partial charge in [-0.1, -0.05) is 53.4 Å². The van der Waals surface area contributed by atoms with Crippen molar-refractivity contribution in [2.75, 3.05) is 31.1 Å². The Balaban J connectivity index is 1.31. The smallest absolute Gasteiger partial charge is 0.334 e. The van der Waals surface area contributed by atoms with E-state index in [2.05, 4.69) is 39.2 Å². The van der Waals surface area contributed by atoms with E-state index in [4.69, 9.17) is 23.2 Å². The van der Waals surface area contributed by atoms with E-state index < -0.39 is 23.2 Å². The lowest BCUT2D eigenvalue weighted by atomic mass is 9.74. The van der Waals surface area contributed by atoms with E-state index in [-0.39, 0.29) is 29.0 Å². The summed E-state index contributed by atoms with van der Waals surface area (Å²) in [5.74, 6) is 5.92. The predicted octanol–water partition coefficient (Wildman–Crippen LogP) is 7.56. The summed E-state index contributed by atoms with van der Waals surface area (Å²) >= 11 is 12.1. The third-order valence-corrected chi connectivity index (χ3v) is 8.38. The first kappa shape index (κ1) is 30.0. The van der Waals surface area contributed by atoms with Gasteiger partial charge in [0.2, 0.25) is 0 Å². The minimum atomic E-state index is -4.64. The minimum Gasteiger partial charge on any atom is -0.334 e. The summed E-state index contributed by atoms with van der Waals surface area (Å²) in [7, 11) is 0. The molecule has 1 saturated heterocycles. The summed E-state index contributed by atoms with van der Waals surface area (Å²) in [4.78, 5) is 21.0. The largest absolute Gasteiger partial charge is 0.417 e. The van der Waals surface area contributed by atoms with Crippen LogP contribution < -0.4 is 10.2 Å². The maximum absolute atomic E-state index is 13.8. The van der Waals surface area contributed by atoms with Crippen LogP contribution in [0.15, 0.2) is 60.8 Å². The fraction of sp³-hybridized carbons (Fsp3) is 0.312. The molecule has 5 nitrogen and oxygen atoms in total. The number of carbonyl (C=O) groups excluding carboxylic acids is 1. The maximum atomic E-state index is 13.8. The number of amides is 2. The van der Waals surface area contributed by atoms with Crippen LogP contribution in [-0.2, 0) is 18.1 Å². The molecule has 42 heavy (non-hydrogen) atoms. The highest BCUT2D eigenvalue weighted by atomic mass is 35.5. The van der Waals surface area contributed by atoms with Crippen LogP contribution in [0.5, 0.6) is 0 Å². The number of rotatable bonds is 5. The summed E-state index contributed by atoms with van der Waals surface area (Å²) < 4.78 is 41.4. The fourth-order valence-corrected chi connectivity index (χ4v) is 6.13. The number of fused-ring (bicyclic) bond motifs is 2. The lowest BCUT2D eigenvalue weighted by molar-refractivity contribution is -0.137. The minimum absolute atomic E-state index is 0.161. The van der Waals surface area contributed by atoms with Gasteiger partial charge in [0.15, 0.2) is 0 Å². The van der Waals surface area contributed by atoms with Crippen LogP contribution in [0.4, 0.5) is 23.7 Å². The van der Waals surface area contributed by atoms with Crippen molar-refractivity contribution in [1.82, 2.24) is 15.2 Å². The monoisotopic (exact) mass is 612 g/mol. The highest BCUT2D eigenvalue weighted by Gasteiger charge is 2.48. The number of carbonyl (C=O) groups is 1. The number of nitrogens with one attached hydrogen (secondary N) is 1. The standard InChI is InChI=1S/C32H29Cl2F3N4O/c1-2-4-22-6-8-23(9-7-22)5-3-14-40-15-11-31(12-16-40)21-41(30(42)39-20-24-10-13-38-29(34)17-24)28-19-25(32(35,36)37)27(33)18-26(28)31/h3,5-10,13,17-19H,11-12,14-16,20-21H2,1H3,(H,39,42). The Labute approximate surface area is 253 Å². The molecule has 1 aromatic heterocycles. The van der Waals surface area contributed by atoms with Crippen molar-refractivity contribution < 1.29 is 18.0 Å². The van der Waals surface area contributed by atoms with Gasteiger partial charge in [0.25, 0.3) is 0 Å². The summed E-state index contributed by atoms with van der Waals surface area (Å²) in [5, 5.41) is 2.76. The Morgan fingerprint density at radius 2 is 1.86 bits per heavy atom. The first-order valence-corrected chi connectivity index (χ1v) is 14.3. The number of alkyl halides is 3. The SMILES string of the molecule is CC#Cc1ccc(C=CCN2CCC3(CC2)CN(C(=O)NCc2ccnc(Cl)c2)c2cc(C(F)(F)F)c(Cl)cc23)cc1. The number of pyridine rings is 1. The normalized spacial score (nSPS) is 16.4. The molecular formula is C32H29Cl2F3N4O. The van der Waals surface area contributed by atoms with E-state index in [1.807, 2.05) is 31.2 Å². The number of hydrogen-bond acceptors (Lipinski definition) is 3. The molecule has 1 N–H and O–H groups in total. The van der Waals surface area contributed by atoms with Crippen LogP contribution in [-0.4, -0.2) is 42.1 Å². The van der Waals surface area contributed by atoms with Gasteiger partial charge >= 0.3 is 12.2 Å². The summed E-state index contributed by atoms with van der Waals surface area (Å²) in [5.41, 5.74) is 2.29. The molecule has 2 aliphatic heterocycles. The molecule has 3 heterocycles. The molecule has 1 spiro atoms. The Hall–Kier alpha value is -3.51. The van der Waals surface area contributed by atoms with Gasteiger partial charge in [-0.15, -0.1) is 5.92 Å². The number of urea groups is 1. The molecule has 218 valence electrons. The fourth-order valence-electron chi connectivity index (χ4n) is 5.66. The number of aromatic nitrogens is 1. The van der Waals surface area contributed by atoms with E-state index in [9.17, 15) is 18.0 Å². The molecule has 0 radical (unpaired) electrons. The molecule has 0 saturated carbocycles. The molecule has 0 aliphatic carbocycles. The Kier molecular flexibility index (Phi) is 8.84. The highest BCUT2D eigenvalue weighted by Crippen LogP contribution is 2.50. The van der Waals surface area contributed by atoms with E-state index in [0.29, 0.717) is 18.4 Å². The lowest BCUT2D eigenvalue weighted by Gasteiger charge is -2.39. The van der Waals surface area contributed by atoms with Crippen LogP contribution >= 0.6 is 23.2 Å². The van der Waals surface area contributed by atoms with Crippen molar-refractivity contribution in [2.45, 2.75) is 37.9 Å². The number of likely N-dealkylation sites (tertiary alicyclic amines) is 1. The van der Waals surface area contributed by atoms with Gasteiger partial charge in [0, 0.05) is 42.5 Å². The van der Waals surface area contributed by atoms with Gasteiger partial charge in [0.1, 0.15) is 5.15 Å². The van der Waals surface area contributed by atoms with Crippen molar-refractivity contribution >= 4 is 41.0 Å². The van der Waals surface area contributed by atoms with Crippen LogP contribution in [0.25, 0.3) is 6.08 Å². The van der Waals surface area contributed by atoms with E-state index in [1.165, 1.54) is 17.2 Å². The quantitative estimate of drug-likeness (QED) is 0.239. The van der Waals surface area contributed by atoms with Gasteiger partial charge in [0.05, 0.1) is 10.6 Å². The van der Waals surface area contributed by atoms with Crippen LogP contribution in [0.3, 0.4) is 0 Å². The van der Waals surface area contributed by atoms with Crippen molar-refractivity contribution in [3.8, 4) is 11.8 Å². The molecule has 0 bridgehead atoms. The van der Waals surface area contributed by atoms with Gasteiger partial charge < -0.3 is 5.32 Å². The number of hydrogen-bond donors (Lipinski definition) is 1. The Morgan fingerprint density at radius 1 is 1.12 bits per heavy atom. The maximum Gasteiger partial charge on any atom is 0.417 e.